The van der Waals surface area contributed by atoms with Gasteiger partial charge in [-0.25, -0.2) is 4.98 Å². The molecule has 4 aromatic heterocycles. The molecule has 0 saturated carbocycles. The van der Waals surface area contributed by atoms with E-state index >= 15 is 0 Å². The van der Waals surface area contributed by atoms with Gasteiger partial charge in [0, 0.05) is 31.5 Å². The first-order valence-corrected chi connectivity index (χ1v) is 28.1. The minimum atomic E-state index is -2.49. The van der Waals surface area contributed by atoms with Crippen LogP contribution in [0.3, 0.4) is 0 Å². The number of halogens is 1. The van der Waals surface area contributed by atoms with E-state index in [0.717, 1.165) is 39.4 Å². The van der Waals surface area contributed by atoms with Crippen molar-refractivity contribution >= 4 is 60.3 Å². The summed E-state index contributed by atoms with van der Waals surface area (Å²) in [6.45, 7) is 13.0. The van der Waals surface area contributed by atoms with E-state index in [-0.39, 0.29) is 31.2 Å². The van der Waals surface area contributed by atoms with Crippen molar-refractivity contribution in [2.45, 2.75) is 96.8 Å². The van der Waals surface area contributed by atoms with Gasteiger partial charge < -0.3 is 4.57 Å². The minimum absolute atomic E-state index is 0. The van der Waals surface area contributed by atoms with Crippen molar-refractivity contribution < 1.29 is 28.6 Å². The van der Waals surface area contributed by atoms with Crippen LogP contribution < -0.4 is 4.40 Å². The first kappa shape index (κ1) is 39.5. The molecule has 0 saturated heterocycles. The number of benzene rings is 4. The molecule has 301 valence electrons. The molecular formula is C50H53FGeIrN4S-2. The molecule has 0 spiro atoms. The fourth-order valence-corrected chi connectivity index (χ4v) is 12.1. The molecule has 0 atom stereocenters. The molecule has 0 fully saturated rings. The molecule has 0 unspecified atom stereocenters. The van der Waals surface area contributed by atoms with Crippen LogP contribution in [-0.2, 0) is 26.5 Å². The first-order chi connectivity index (χ1) is 28.4. The zero-order valence-electron chi connectivity index (χ0n) is 38.0. The maximum atomic E-state index is 14.7. The van der Waals surface area contributed by atoms with Crippen LogP contribution in [0.25, 0.3) is 59.7 Å². The Morgan fingerprint density at radius 3 is 2.19 bits per heavy atom. The van der Waals surface area contributed by atoms with Crippen molar-refractivity contribution in [2.75, 3.05) is 0 Å². The van der Waals surface area contributed by atoms with Crippen LogP contribution in [0.2, 0.25) is 17.3 Å². The fourth-order valence-electron chi connectivity index (χ4n) is 7.55. The van der Waals surface area contributed by atoms with Gasteiger partial charge in [-0.3, -0.25) is 4.98 Å². The Hall–Kier alpha value is -4.01. The Labute approximate surface area is 368 Å². The number of fused-ring (bicyclic) bond motifs is 4. The smallest absolute Gasteiger partial charge is 0 e. The third-order valence-corrected chi connectivity index (χ3v) is 15.9. The molecule has 4 heterocycles. The van der Waals surface area contributed by atoms with Gasteiger partial charge in [-0.15, -0.1) is 23.8 Å². The minimum Gasteiger partial charge on any atom is 0 e. The molecule has 0 aliphatic rings. The van der Waals surface area contributed by atoms with E-state index in [9.17, 15) is 4.39 Å². The standard InChI is InChI=1S/C32H30N3S.C18H23FGeN.Ir/c1-6-22-15-16-25-26-18-21(14-17-29(26)36-32(25)33-22)31-34-27-12-7-8-13-28(27)35(31)30-23(19(2)3)10-9-11-24(30)20(4)5;1-12(2)15-10-17(21-11-16(15)20(4,5)6)14-9-7-8-13(3)18(14)19;/h7-13,15-20H,6H2,1-5H3;7-8,10-12H,1-6H3;/q2*-1;/i;3D3;. The number of imidazole rings is 1. The second kappa shape index (κ2) is 17.7. The van der Waals surface area contributed by atoms with Crippen molar-refractivity contribution in [1.29, 1.82) is 0 Å². The molecule has 8 aromatic rings. The topological polar surface area (TPSA) is 43.6 Å². The SMILES string of the molecule is CCc1ccc2c(n1)sc1c[c-]c(-c3nc4ccccc4n3-c3c(C(C)C)cccc3C(C)C)cc12.[2H]C([2H])([2H])c1cc[c-]c(-c2cc(C(C)C)[c]([Ge]([CH3])([CH3])[CH3])cn2)c1F.[Ir]. The van der Waals surface area contributed by atoms with Crippen molar-refractivity contribution in [2.24, 2.45) is 0 Å². The van der Waals surface area contributed by atoms with Gasteiger partial charge in [-0.1, -0.05) is 76.4 Å². The Balaban J connectivity index is 0.000000218. The molecule has 1 radical (unpaired) electrons. The number of hydrogen-bond acceptors (Lipinski definition) is 4. The molecule has 0 aliphatic heterocycles. The fraction of sp³-hybridized carbons (Fsp3) is 0.300. The van der Waals surface area contributed by atoms with Crippen LogP contribution >= 0.6 is 11.3 Å². The van der Waals surface area contributed by atoms with Crippen LogP contribution in [0.5, 0.6) is 0 Å². The molecule has 4 aromatic carbocycles. The molecule has 0 aliphatic carbocycles. The largest absolute Gasteiger partial charge is 0 e. The Morgan fingerprint density at radius 2 is 1.53 bits per heavy atom. The van der Waals surface area contributed by atoms with E-state index < -0.39 is 25.9 Å². The van der Waals surface area contributed by atoms with Crippen LogP contribution in [-0.4, -0.2) is 32.8 Å². The molecule has 0 amide bonds. The Kier molecular flexibility index (Phi) is 12.0. The maximum Gasteiger partial charge on any atom is 0 e. The van der Waals surface area contributed by atoms with Crippen LogP contribution in [0.15, 0.2) is 91.1 Å². The van der Waals surface area contributed by atoms with Gasteiger partial charge in [-0.05, 0) is 57.7 Å². The zero-order valence-corrected chi connectivity index (χ0v) is 40.3. The number of para-hydroxylation sites is 3. The molecule has 4 nitrogen and oxygen atoms in total. The summed E-state index contributed by atoms with van der Waals surface area (Å²) < 4.78 is 42.0. The molecule has 8 heteroatoms. The Bertz CT molecular complexity index is 2830. The summed E-state index contributed by atoms with van der Waals surface area (Å²) >= 11 is -0.357. The monoisotopic (exact) mass is 1030 g/mol. The zero-order chi connectivity index (χ0) is 43.3. The molecular weight excluding hydrogens is 972 g/mol. The number of pyridine rings is 2. The van der Waals surface area contributed by atoms with Crippen molar-refractivity contribution in [3.05, 3.63) is 137 Å². The summed E-state index contributed by atoms with van der Waals surface area (Å²) in [6.07, 6.45) is 2.79. The summed E-state index contributed by atoms with van der Waals surface area (Å²) in [5.41, 5.74) is 9.63. The summed E-state index contributed by atoms with van der Waals surface area (Å²) in [7, 11) is 0. The van der Waals surface area contributed by atoms with E-state index in [2.05, 4.69) is 154 Å². The first-order valence-electron chi connectivity index (χ1n) is 21.4. The number of aromatic nitrogens is 4. The Morgan fingerprint density at radius 1 is 0.828 bits per heavy atom. The normalized spacial score (nSPS) is 12.8. The maximum absolute atomic E-state index is 14.7. The third-order valence-electron chi connectivity index (χ3n) is 10.6. The number of nitrogens with zero attached hydrogens (tertiary/aromatic N) is 4. The van der Waals surface area contributed by atoms with E-state index in [1.165, 1.54) is 54.4 Å². The molecule has 58 heavy (non-hydrogen) atoms. The molecule has 0 N–H and O–H groups in total. The predicted octanol–water partition coefficient (Wildman–Crippen LogP) is 13.7. The summed E-state index contributed by atoms with van der Waals surface area (Å²) in [5, 5.41) is 2.43. The van der Waals surface area contributed by atoms with Gasteiger partial charge in [-0.2, -0.15) is 11.3 Å². The van der Waals surface area contributed by atoms with Gasteiger partial charge in [0.1, 0.15) is 4.83 Å². The van der Waals surface area contributed by atoms with E-state index in [1.807, 2.05) is 12.3 Å². The van der Waals surface area contributed by atoms with Gasteiger partial charge in [0.15, 0.2) is 0 Å². The summed E-state index contributed by atoms with van der Waals surface area (Å²) in [5.74, 6) is 8.13. The number of thiophene rings is 1. The number of hydrogen-bond donors (Lipinski definition) is 0. The quantitative estimate of drug-likeness (QED) is 0.113. The van der Waals surface area contributed by atoms with E-state index in [4.69, 9.17) is 14.1 Å². The second-order valence-electron chi connectivity index (χ2n) is 16.7. The van der Waals surface area contributed by atoms with Gasteiger partial charge >= 0.3 is 134 Å². The van der Waals surface area contributed by atoms with Crippen LogP contribution in [0.4, 0.5) is 4.39 Å². The van der Waals surface area contributed by atoms with Crippen molar-refractivity contribution in [1.82, 2.24) is 19.5 Å². The predicted molar refractivity (Wildman–Crippen MR) is 244 cm³/mol. The number of aryl methyl sites for hydroxylation is 2. The van der Waals surface area contributed by atoms with Crippen LogP contribution in [0.1, 0.15) is 98.3 Å². The van der Waals surface area contributed by atoms with Gasteiger partial charge in [0.2, 0.25) is 0 Å². The van der Waals surface area contributed by atoms with E-state index in [0.29, 0.717) is 23.4 Å². The van der Waals surface area contributed by atoms with Gasteiger partial charge in [0.25, 0.3) is 0 Å². The second-order valence-corrected chi connectivity index (χ2v) is 28.3. The average molecular weight is 1030 g/mol. The van der Waals surface area contributed by atoms with Gasteiger partial charge in [0.05, 0.1) is 16.9 Å². The molecule has 0 bridgehead atoms. The van der Waals surface area contributed by atoms with Crippen molar-refractivity contribution in [3.8, 4) is 28.3 Å². The van der Waals surface area contributed by atoms with Crippen LogP contribution in [0, 0.1) is 24.8 Å². The van der Waals surface area contributed by atoms with Crippen molar-refractivity contribution in [3.63, 3.8) is 0 Å². The average Bonchev–Trinajstić information content (AvgIpc) is 3.77. The van der Waals surface area contributed by atoms with E-state index in [1.54, 1.807) is 11.3 Å². The number of rotatable bonds is 8. The summed E-state index contributed by atoms with van der Waals surface area (Å²) in [4.78, 5) is 15.6. The molecule has 8 rings (SSSR count). The third kappa shape index (κ3) is 8.52. The summed E-state index contributed by atoms with van der Waals surface area (Å²) in [6, 6.07) is 34.9.